The normalized spacial score (nSPS) is 10.9. The summed E-state index contributed by atoms with van der Waals surface area (Å²) in [5.41, 5.74) is 0.166. The molecule has 0 aliphatic heterocycles. The molecule has 3 nitrogen and oxygen atoms in total. The lowest BCUT2D eigenvalue weighted by molar-refractivity contribution is 0.171. The molecule has 0 amide bonds. The lowest BCUT2D eigenvalue weighted by atomic mass is 9.95. The molecule has 1 rings (SSSR count). The van der Waals surface area contributed by atoms with E-state index in [1.54, 1.807) is 12.1 Å². The van der Waals surface area contributed by atoms with Crippen LogP contribution in [-0.4, -0.2) is 18.3 Å². The van der Waals surface area contributed by atoms with Gasteiger partial charge < -0.3 is 10.4 Å². The molecule has 1 aromatic carbocycles. The second-order valence-electron chi connectivity index (χ2n) is 4.45. The molecule has 16 heavy (non-hydrogen) atoms. The largest absolute Gasteiger partial charge is 0.396 e. The number of nitrogens with zero attached hydrogens (tertiary/aromatic N) is 1. The predicted octanol–water partition coefficient (Wildman–Crippen LogP) is 2.13. The van der Waals surface area contributed by atoms with Gasteiger partial charge in [0.25, 0.3) is 0 Å². The van der Waals surface area contributed by atoms with Crippen LogP contribution in [0.5, 0.6) is 0 Å². The van der Waals surface area contributed by atoms with E-state index in [2.05, 4.69) is 5.32 Å². The SMILES string of the molecule is CC(C)(CO)CNc1cccc(F)c1C#N. The Bertz CT molecular complexity index is 410. The minimum absolute atomic E-state index is 0.0104. The van der Waals surface area contributed by atoms with Crippen molar-refractivity contribution in [3.63, 3.8) is 0 Å². The Kier molecular flexibility index (Phi) is 3.86. The van der Waals surface area contributed by atoms with Gasteiger partial charge in [-0.05, 0) is 12.1 Å². The molecular weight excluding hydrogens is 207 g/mol. The quantitative estimate of drug-likeness (QED) is 0.820. The van der Waals surface area contributed by atoms with E-state index < -0.39 is 5.82 Å². The smallest absolute Gasteiger partial charge is 0.143 e. The van der Waals surface area contributed by atoms with Crippen LogP contribution in [0.3, 0.4) is 0 Å². The molecule has 2 N–H and O–H groups in total. The number of hydrogen-bond donors (Lipinski definition) is 2. The molecule has 86 valence electrons. The van der Waals surface area contributed by atoms with Crippen LogP contribution in [0.1, 0.15) is 19.4 Å². The van der Waals surface area contributed by atoms with Gasteiger partial charge in [0, 0.05) is 18.6 Å². The summed E-state index contributed by atoms with van der Waals surface area (Å²) in [6.07, 6.45) is 0. The maximum Gasteiger partial charge on any atom is 0.143 e. The molecule has 0 saturated heterocycles. The Hall–Kier alpha value is -1.60. The number of anilines is 1. The van der Waals surface area contributed by atoms with Crippen LogP contribution < -0.4 is 5.32 Å². The van der Waals surface area contributed by atoms with Crippen molar-refractivity contribution in [3.05, 3.63) is 29.6 Å². The minimum Gasteiger partial charge on any atom is -0.396 e. The van der Waals surface area contributed by atoms with Crippen molar-refractivity contribution in [2.45, 2.75) is 13.8 Å². The van der Waals surface area contributed by atoms with Crippen molar-refractivity contribution >= 4 is 5.69 Å². The number of nitriles is 1. The lowest BCUT2D eigenvalue weighted by Crippen LogP contribution is -2.27. The number of nitrogens with one attached hydrogen (secondary N) is 1. The number of aliphatic hydroxyl groups is 1. The Morgan fingerprint density at radius 1 is 1.50 bits per heavy atom. The molecule has 0 atom stereocenters. The van der Waals surface area contributed by atoms with Gasteiger partial charge in [0.15, 0.2) is 0 Å². The van der Waals surface area contributed by atoms with E-state index in [4.69, 9.17) is 10.4 Å². The van der Waals surface area contributed by atoms with Crippen LogP contribution in [0.25, 0.3) is 0 Å². The highest BCUT2D eigenvalue weighted by Gasteiger charge is 2.17. The summed E-state index contributed by atoms with van der Waals surface area (Å²) in [6, 6.07) is 6.26. The summed E-state index contributed by atoms with van der Waals surface area (Å²) < 4.78 is 13.2. The Labute approximate surface area is 94.5 Å². The third-order valence-corrected chi connectivity index (χ3v) is 2.31. The van der Waals surface area contributed by atoms with E-state index in [0.29, 0.717) is 12.2 Å². The first kappa shape index (κ1) is 12.5. The van der Waals surface area contributed by atoms with Crippen LogP contribution in [-0.2, 0) is 0 Å². The Balaban J connectivity index is 2.83. The monoisotopic (exact) mass is 222 g/mol. The predicted molar refractivity (Wildman–Crippen MR) is 60.5 cm³/mol. The first-order valence-corrected chi connectivity index (χ1v) is 5.03. The fourth-order valence-corrected chi connectivity index (χ4v) is 1.18. The van der Waals surface area contributed by atoms with Crippen LogP contribution in [0.4, 0.5) is 10.1 Å². The molecule has 4 heteroatoms. The molecule has 0 unspecified atom stereocenters. The van der Waals surface area contributed by atoms with Crippen molar-refractivity contribution in [2.75, 3.05) is 18.5 Å². The minimum atomic E-state index is -0.533. The second kappa shape index (κ2) is 4.95. The molecule has 0 radical (unpaired) electrons. The van der Waals surface area contributed by atoms with E-state index in [9.17, 15) is 4.39 Å². The molecule has 1 aromatic rings. The van der Waals surface area contributed by atoms with Crippen LogP contribution in [0.2, 0.25) is 0 Å². The van der Waals surface area contributed by atoms with Gasteiger partial charge in [0.05, 0.1) is 5.69 Å². The number of halogens is 1. The molecular formula is C12H15FN2O. The first-order chi connectivity index (χ1) is 7.50. The van der Waals surface area contributed by atoms with Gasteiger partial charge in [-0.2, -0.15) is 5.26 Å². The zero-order chi connectivity index (χ0) is 12.2. The summed E-state index contributed by atoms with van der Waals surface area (Å²) in [6.45, 7) is 4.26. The van der Waals surface area contributed by atoms with E-state index in [1.165, 1.54) is 6.07 Å². The van der Waals surface area contributed by atoms with Crippen molar-refractivity contribution in [2.24, 2.45) is 5.41 Å². The molecule has 0 aliphatic rings. The van der Waals surface area contributed by atoms with Crippen molar-refractivity contribution in [1.29, 1.82) is 5.26 Å². The highest BCUT2D eigenvalue weighted by molar-refractivity contribution is 5.57. The Morgan fingerprint density at radius 3 is 2.75 bits per heavy atom. The maximum absolute atomic E-state index is 13.2. The molecule has 0 fully saturated rings. The van der Waals surface area contributed by atoms with Gasteiger partial charge in [-0.25, -0.2) is 4.39 Å². The average molecular weight is 222 g/mol. The highest BCUT2D eigenvalue weighted by atomic mass is 19.1. The van der Waals surface area contributed by atoms with Gasteiger partial charge in [0.1, 0.15) is 17.4 Å². The maximum atomic E-state index is 13.2. The van der Waals surface area contributed by atoms with E-state index in [0.717, 1.165) is 0 Å². The molecule has 0 spiro atoms. The topological polar surface area (TPSA) is 56.0 Å². The molecule has 0 bridgehead atoms. The summed E-state index contributed by atoms with van der Waals surface area (Å²) in [5.74, 6) is -0.533. The zero-order valence-corrected chi connectivity index (χ0v) is 9.42. The number of aliphatic hydroxyl groups excluding tert-OH is 1. The summed E-state index contributed by atoms with van der Waals surface area (Å²) in [7, 11) is 0. The van der Waals surface area contributed by atoms with Crippen molar-refractivity contribution in [1.82, 2.24) is 0 Å². The van der Waals surface area contributed by atoms with Gasteiger partial charge in [0.2, 0.25) is 0 Å². The highest BCUT2D eigenvalue weighted by Crippen LogP contribution is 2.20. The lowest BCUT2D eigenvalue weighted by Gasteiger charge is -2.22. The fourth-order valence-electron chi connectivity index (χ4n) is 1.18. The van der Waals surface area contributed by atoms with Gasteiger partial charge in [-0.1, -0.05) is 19.9 Å². The standard InChI is InChI=1S/C12H15FN2O/c1-12(2,8-16)7-15-11-5-3-4-10(13)9(11)6-14/h3-5,15-16H,7-8H2,1-2H3. The van der Waals surface area contributed by atoms with Gasteiger partial charge in [-0.15, -0.1) is 0 Å². The van der Waals surface area contributed by atoms with E-state index >= 15 is 0 Å². The molecule has 0 saturated carbocycles. The third kappa shape index (κ3) is 2.94. The average Bonchev–Trinajstić information content (AvgIpc) is 2.26. The van der Waals surface area contributed by atoms with Crippen LogP contribution >= 0.6 is 0 Å². The summed E-state index contributed by atoms with van der Waals surface area (Å²) >= 11 is 0. The third-order valence-electron chi connectivity index (χ3n) is 2.31. The zero-order valence-electron chi connectivity index (χ0n) is 9.42. The van der Waals surface area contributed by atoms with Crippen molar-refractivity contribution < 1.29 is 9.50 Å². The van der Waals surface area contributed by atoms with Crippen LogP contribution in [0, 0.1) is 22.6 Å². The van der Waals surface area contributed by atoms with Gasteiger partial charge >= 0.3 is 0 Å². The number of rotatable bonds is 4. The molecule has 0 aromatic heterocycles. The molecule has 0 aliphatic carbocycles. The van der Waals surface area contributed by atoms with Gasteiger partial charge in [-0.3, -0.25) is 0 Å². The second-order valence-corrected chi connectivity index (χ2v) is 4.45. The van der Waals surface area contributed by atoms with E-state index in [1.807, 2.05) is 19.9 Å². The molecule has 0 heterocycles. The number of benzene rings is 1. The Morgan fingerprint density at radius 2 is 2.19 bits per heavy atom. The van der Waals surface area contributed by atoms with Crippen molar-refractivity contribution in [3.8, 4) is 6.07 Å². The van der Waals surface area contributed by atoms with E-state index in [-0.39, 0.29) is 17.6 Å². The summed E-state index contributed by atoms with van der Waals surface area (Å²) in [4.78, 5) is 0. The fraction of sp³-hybridized carbons (Fsp3) is 0.417. The summed E-state index contributed by atoms with van der Waals surface area (Å²) in [5, 5.41) is 20.9. The number of hydrogen-bond acceptors (Lipinski definition) is 3. The first-order valence-electron chi connectivity index (χ1n) is 5.03. The van der Waals surface area contributed by atoms with Crippen LogP contribution in [0.15, 0.2) is 18.2 Å².